The van der Waals surface area contributed by atoms with Crippen LogP contribution < -0.4 is 4.57 Å². The molecule has 0 amide bonds. The van der Waals surface area contributed by atoms with Crippen LogP contribution in [0.2, 0.25) is 0 Å². The molecule has 3 heteroatoms. The molecule has 0 N–H and O–H groups in total. The van der Waals surface area contributed by atoms with Crippen LogP contribution in [-0.4, -0.2) is 9.38 Å². The number of aromatic nitrogens is 3. The van der Waals surface area contributed by atoms with Gasteiger partial charge in [-0.2, -0.15) is 0 Å². The Labute approximate surface area is 135 Å². The fourth-order valence-electron chi connectivity index (χ4n) is 3.24. The lowest BCUT2D eigenvalue weighted by Gasteiger charge is -2.07. The monoisotopic (exact) mass is 302 g/mol. The molecule has 0 fully saturated rings. The molecule has 0 aliphatic carbocycles. The van der Waals surface area contributed by atoms with Crippen LogP contribution in [0.5, 0.6) is 0 Å². The first-order chi connectivity index (χ1) is 11.0. The average Bonchev–Trinajstić information content (AvgIpc) is 2.87. The van der Waals surface area contributed by atoms with Crippen molar-refractivity contribution in [3.63, 3.8) is 0 Å². The SMILES string of the molecule is Cc1cc(-c2cc3c(cc2C)nc2ccccn23)[n+](C)cc1C. The summed E-state index contributed by atoms with van der Waals surface area (Å²) in [5.41, 5.74) is 9.55. The van der Waals surface area contributed by atoms with Crippen LogP contribution in [0.3, 0.4) is 0 Å². The van der Waals surface area contributed by atoms with Crippen molar-refractivity contribution < 1.29 is 4.57 Å². The average molecular weight is 302 g/mol. The predicted molar refractivity (Wildman–Crippen MR) is 93.5 cm³/mol. The van der Waals surface area contributed by atoms with E-state index in [0.29, 0.717) is 0 Å². The lowest BCUT2D eigenvalue weighted by atomic mass is 10.0. The van der Waals surface area contributed by atoms with E-state index in [1.54, 1.807) is 0 Å². The lowest BCUT2D eigenvalue weighted by molar-refractivity contribution is -0.660. The van der Waals surface area contributed by atoms with Gasteiger partial charge in [-0.3, -0.25) is 4.40 Å². The second-order valence-electron chi connectivity index (χ2n) is 6.33. The van der Waals surface area contributed by atoms with Crippen molar-refractivity contribution in [2.24, 2.45) is 7.05 Å². The molecule has 3 nitrogen and oxygen atoms in total. The maximum atomic E-state index is 4.72. The zero-order valence-electron chi connectivity index (χ0n) is 14.0. The van der Waals surface area contributed by atoms with Gasteiger partial charge in [-0.1, -0.05) is 6.07 Å². The van der Waals surface area contributed by atoms with E-state index in [-0.39, 0.29) is 0 Å². The second-order valence-corrected chi connectivity index (χ2v) is 6.33. The van der Waals surface area contributed by atoms with Gasteiger partial charge in [0, 0.05) is 17.8 Å². The predicted octanol–water partition coefficient (Wildman–Crippen LogP) is 3.90. The van der Waals surface area contributed by atoms with E-state index in [0.717, 1.165) is 16.7 Å². The summed E-state index contributed by atoms with van der Waals surface area (Å²) in [6.45, 7) is 6.48. The largest absolute Gasteiger partial charge is 0.300 e. The van der Waals surface area contributed by atoms with Crippen molar-refractivity contribution >= 4 is 16.7 Å². The molecule has 0 aliphatic heterocycles. The van der Waals surface area contributed by atoms with Crippen LogP contribution in [0.1, 0.15) is 16.7 Å². The van der Waals surface area contributed by atoms with E-state index in [2.05, 4.69) is 67.4 Å². The van der Waals surface area contributed by atoms with Gasteiger partial charge in [-0.15, -0.1) is 0 Å². The summed E-state index contributed by atoms with van der Waals surface area (Å²) in [6, 6.07) is 12.8. The maximum absolute atomic E-state index is 4.72. The van der Waals surface area contributed by atoms with Crippen LogP contribution in [-0.2, 0) is 7.05 Å². The van der Waals surface area contributed by atoms with Gasteiger partial charge in [0.15, 0.2) is 6.20 Å². The van der Waals surface area contributed by atoms with Crippen molar-refractivity contribution in [1.82, 2.24) is 9.38 Å². The molecule has 4 aromatic rings. The van der Waals surface area contributed by atoms with Crippen LogP contribution in [0, 0.1) is 20.8 Å². The molecule has 3 heterocycles. The van der Waals surface area contributed by atoms with Gasteiger partial charge in [-0.05, 0) is 56.2 Å². The highest BCUT2D eigenvalue weighted by molar-refractivity contribution is 5.86. The molecule has 23 heavy (non-hydrogen) atoms. The minimum absolute atomic E-state index is 0.989. The third-order valence-corrected chi connectivity index (χ3v) is 4.67. The van der Waals surface area contributed by atoms with Crippen LogP contribution in [0.15, 0.2) is 48.8 Å². The van der Waals surface area contributed by atoms with Crippen molar-refractivity contribution in [3.05, 3.63) is 65.5 Å². The molecule has 0 atom stereocenters. The molecule has 0 bridgehead atoms. The number of hydrogen-bond donors (Lipinski definition) is 0. The van der Waals surface area contributed by atoms with Gasteiger partial charge in [0.25, 0.3) is 0 Å². The molecule has 4 rings (SSSR count). The lowest BCUT2D eigenvalue weighted by Crippen LogP contribution is -2.31. The summed E-state index contributed by atoms with van der Waals surface area (Å²) < 4.78 is 4.36. The molecule has 0 radical (unpaired) electrons. The highest BCUT2D eigenvalue weighted by Crippen LogP contribution is 2.27. The number of rotatable bonds is 1. The molecule has 0 saturated carbocycles. The molecule has 114 valence electrons. The summed E-state index contributed by atoms with van der Waals surface area (Å²) in [6.07, 6.45) is 4.27. The van der Waals surface area contributed by atoms with Crippen LogP contribution >= 0.6 is 0 Å². The van der Waals surface area contributed by atoms with Crippen molar-refractivity contribution in [1.29, 1.82) is 0 Å². The Hall–Kier alpha value is -2.68. The van der Waals surface area contributed by atoms with E-state index >= 15 is 0 Å². The Bertz CT molecular complexity index is 1060. The molecule has 0 aliphatic rings. The summed E-state index contributed by atoms with van der Waals surface area (Å²) >= 11 is 0. The summed E-state index contributed by atoms with van der Waals surface area (Å²) in [5.74, 6) is 0. The molecular formula is C20H20N3+. The fourth-order valence-corrected chi connectivity index (χ4v) is 3.24. The molecule has 0 unspecified atom stereocenters. The number of aryl methyl sites for hydroxylation is 4. The minimum Gasteiger partial charge on any atom is -0.300 e. The fraction of sp³-hybridized carbons (Fsp3) is 0.200. The summed E-state index contributed by atoms with van der Waals surface area (Å²) in [7, 11) is 2.11. The second kappa shape index (κ2) is 4.92. The first kappa shape index (κ1) is 13.9. The topological polar surface area (TPSA) is 21.2 Å². The van der Waals surface area contributed by atoms with Crippen molar-refractivity contribution in [2.45, 2.75) is 20.8 Å². The standard InChI is InChI=1S/C20H20N3/c1-13-10-18(22(4)12-15(13)3)16-11-19-17(9-14(16)2)21-20-7-5-6-8-23(19)20/h5-12H,1-4H3/q+1. The number of benzene rings is 1. The van der Waals surface area contributed by atoms with Crippen molar-refractivity contribution in [3.8, 4) is 11.3 Å². The number of hydrogen-bond acceptors (Lipinski definition) is 1. The smallest absolute Gasteiger partial charge is 0.212 e. The summed E-state index contributed by atoms with van der Waals surface area (Å²) in [5, 5.41) is 0. The number of nitrogens with zero attached hydrogens (tertiary/aromatic N) is 3. The Morgan fingerprint density at radius 3 is 2.61 bits per heavy atom. The first-order valence-corrected chi connectivity index (χ1v) is 7.89. The number of pyridine rings is 2. The van der Waals surface area contributed by atoms with Gasteiger partial charge < -0.3 is 0 Å². The van der Waals surface area contributed by atoms with Gasteiger partial charge >= 0.3 is 0 Å². The Balaban J connectivity index is 2.06. The third-order valence-electron chi connectivity index (χ3n) is 4.67. The van der Waals surface area contributed by atoms with Gasteiger partial charge in [0.1, 0.15) is 12.7 Å². The Kier molecular flexibility index (Phi) is 2.98. The molecule has 0 saturated heterocycles. The first-order valence-electron chi connectivity index (χ1n) is 7.89. The van der Waals surface area contributed by atoms with E-state index in [1.807, 2.05) is 18.2 Å². The molecular weight excluding hydrogens is 282 g/mol. The van der Waals surface area contributed by atoms with Gasteiger partial charge in [0.05, 0.1) is 16.6 Å². The maximum Gasteiger partial charge on any atom is 0.212 e. The zero-order chi connectivity index (χ0) is 16.1. The van der Waals surface area contributed by atoms with E-state index < -0.39 is 0 Å². The third kappa shape index (κ3) is 2.12. The zero-order valence-corrected chi connectivity index (χ0v) is 14.0. The molecule has 0 spiro atoms. The van der Waals surface area contributed by atoms with Crippen LogP contribution in [0.25, 0.3) is 27.9 Å². The normalized spacial score (nSPS) is 11.5. The highest BCUT2D eigenvalue weighted by Gasteiger charge is 2.16. The Morgan fingerprint density at radius 2 is 1.78 bits per heavy atom. The highest BCUT2D eigenvalue weighted by atomic mass is 15.0. The minimum atomic E-state index is 0.989. The quantitative estimate of drug-likeness (QED) is 0.489. The van der Waals surface area contributed by atoms with E-state index in [9.17, 15) is 0 Å². The van der Waals surface area contributed by atoms with Crippen LogP contribution in [0.4, 0.5) is 0 Å². The van der Waals surface area contributed by atoms with E-state index in [1.165, 1.54) is 27.9 Å². The van der Waals surface area contributed by atoms with Gasteiger partial charge in [-0.25, -0.2) is 9.55 Å². The number of imidazole rings is 1. The number of fused-ring (bicyclic) bond motifs is 3. The van der Waals surface area contributed by atoms with Gasteiger partial charge in [0.2, 0.25) is 5.69 Å². The Morgan fingerprint density at radius 1 is 0.957 bits per heavy atom. The summed E-state index contributed by atoms with van der Waals surface area (Å²) in [4.78, 5) is 4.72. The van der Waals surface area contributed by atoms with E-state index in [4.69, 9.17) is 4.98 Å². The molecule has 1 aromatic carbocycles. The molecule has 3 aromatic heterocycles. The van der Waals surface area contributed by atoms with Crippen molar-refractivity contribution in [2.75, 3.05) is 0 Å².